The minimum Gasteiger partial charge on any atom is -0.310 e. The SMILES string of the molecule is CCCNC(Cc1cccc(C)c1)c1cc(C)cc(F)c1. The maximum Gasteiger partial charge on any atom is 0.123 e. The van der Waals surface area contributed by atoms with Crippen LogP contribution < -0.4 is 5.32 Å². The molecule has 1 nitrogen and oxygen atoms in total. The van der Waals surface area contributed by atoms with Crippen LogP contribution in [0.4, 0.5) is 4.39 Å². The van der Waals surface area contributed by atoms with E-state index in [4.69, 9.17) is 0 Å². The molecule has 2 aromatic rings. The van der Waals surface area contributed by atoms with Gasteiger partial charge in [-0.3, -0.25) is 0 Å². The van der Waals surface area contributed by atoms with Crippen LogP contribution in [0.25, 0.3) is 0 Å². The van der Waals surface area contributed by atoms with Crippen molar-refractivity contribution in [3.63, 3.8) is 0 Å². The van der Waals surface area contributed by atoms with Gasteiger partial charge in [0.2, 0.25) is 0 Å². The smallest absolute Gasteiger partial charge is 0.123 e. The molecule has 2 heteroatoms. The Morgan fingerprint density at radius 1 is 1.05 bits per heavy atom. The van der Waals surface area contributed by atoms with Gasteiger partial charge in [-0.1, -0.05) is 42.8 Å². The monoisotopic (exact) mass is 285 g/mol. The van der Waals surface area contributed by atoms with E-state index < -0.39 is 0 Å². The number of hydrogen-bond donors (Lipinski definition) is 1. The van der Waals surface area contributed by atoms with E-state index >= 15 is 0 Å². The van der Waals surface area contributed by atoms with Gasteiger partial charge in [0.15, 0.2) is 0 Å². The molecule has 0 aliphatic heterocycles. The lowest BCUT2D eigenvalue weighted by Gasteiger charge is -2.20. The fourth-order valence-corrected chi connectivity index (χ4v) is 2.67. The summed E-state index contributed by atoms with van der Waals surface area (Å²) < 4.78 is 13.7. The van der Waals surface area contributed by atoms with Crippen LogP contribution in [0.5, 0.6) is 0 Å². The van der Waals surface area contributed by atoms with Crippen LogP contribution in [0, 0.1) is 19.7 Å². The highest BCUT2D eigenvalue weighted by molar-refractivity contribution is 5.29. The average molecular weight is 285 g/mol. The third-order valence-corrected chi connectivity index (χ3v) is 3.63. The van der Waals surface area contributed by atoms with E-state index in [0.717, 1.165) is 30.5 Å². The van der Waals surface area contributed by atoms with E-state index in [-0.39, 0.29) is 11.9 Å². The molecule has 0 saturated carbocycles. The van der Waals surface area contributed by atoms with Gasteiger partial charge in [0.1, 0.15) is 5.82 Å². The van der Waals surface area contributed by atoms with Gasteiger partial charge in [0.05, 0.1) is 0 Å². The summed E-state index contributed by atoms with van der Waals surface area (Å²) >= 11 is 0. The molecule has 21 heavy (non-hydrogen) atoms. The minimum absolute atomic E-state index is 0.154. The van der Waals surface area contributed by atoms with Gasteiger partial charge in [-0.05, 0) is 62.1 Å². The highest BCUT2D eigenvalue weighted by Crippen LogP contribution is 2.21. The summed E-state index contributed by atoms with van der Waals surface area (Å²) in [5.41, 5.74) is 4.54. The number of nitrogens with one attached hydrogen (secondary N) is 1. The van der Waals surface area contributed by atoms with Crippen molar-refractivity contribution in [3.05, 3.63) is 70.5 Å². The Labute approximate surface area is 127 Å². The molecule has 0 spiro atoms. The van der Waals surface area contributed by atoms with Crippen LogP contribution in [0.15, 0.2) is 42.5 Å². The minimum atomic E-state index is -0.155. The Hall–Kier alpha value is -1.67. The lowest BCUT2D eigenvalue weighted by Crippen LogP contribution is -2.24. The van der Waals surface area contributed by atoms with E-state index in [2.05, 4.69) is 49.5 Å². The van der Waals surface area contributed by atoms with Crippen molar-refractivity contribution >= 4 is 0 Å². The van der Waals surface area contributed by atoms with Crippen LogP contribution in [-0.4, -0.2) is 6.54 Å². The molecule has 112 valence electrons. The summed E-state index contributed by atoms with van der Waals surface area (Å²) in [6.07, 6.45) is 1.95. The first-order valence-corrected chi connectivity index (χ1v) is 7.64. The molecule has 0 fully saturated rings. The molecule has 0 aromatic heterocycles. The third kappa shape index (κ3) is 4.68. The van der Waals surface area contributed by atoms with Crippen molar-refractivity contribution in [2.75, 3.05) is 6.54 Å². The van der Waals surface area contributed by atoms with Crippen molar-refractivity contribution in [1.29, 1.82) is 0 Å². The van der Waals surface area contributed by atoms with Gasteiger partial charge in [0, 0.05) is 6.04 Å². The molecular weight excluding hydrogens is 261 g/mol. The molecule has 0 aliphatic carbocycles. The fourth-order valence-electron chi connectivity index (χ4n) is 2.67. The summed E-state index contributed by atoms with van der Waals surface area (Å²) in [5, 5.41) is 3.54. The molecule has 2 rings (SSSR count). The van der Waals surface area contributed by atoms with E-state index in [1.807, 2.05) is 6.92 Å². The average Bonchev–Trinajstić information content (AvgIpc) is 2.42. The quantitative estimate of drug-likeness (QED) is 0.809. The van der Waals surface area contributed by atoms with Gasteiger partial charge < -0.3 is 5.32 Å². The fraction of sp³-hybridized carbons (Fsp3) is 0.368. The van der Waals surface area contributed by atoms with Gasteiger partial charge in [-0.15, -0.1) is 0 Å². The highest BCUT2D eigenvalue weighted by atomic mass is 19.1. The van der Waals surface area contributed by atoms with Crippen LogP contribution in [0.2, 0.25) is 0 Å². The first-order valence-electron chi connectivity index (χ1n) is 7.64. The van der Waals surface area contributed by atoms with Gasteiger partial charge in [-0.25, -0.2) is 4.39 Å². The lowest BCUT2D eigenvalue weighted by atomic mass is 9.96. The second kappa shape index (κ2) is 7.37. The van der Waals surface area contributed by atoms with Crippen molar-refractivity contribution in [2.45, 2.75) is 39.7 Å². The first kappa shape index (κ1) is 15.7. The molecule has 2 aromatic carbocycles. The molecule has 0 aliphatic rings. The standard InChI is InChI=1S/C19H24FN/c1-4-8-21-19(12-16-7-5-6-14(2)9-16)17-10-15(3)11-18(20)13-17/h5-7,9-11,13,19,21H,4,8,12H2,1-3H3. The first-order chi connectivity index (χ1) is 10.1. The summed E-state index contributed by atoms with van der Waals surface area (Å²) in [5.74, 6) is -0.155. The molecule has 0 bridgehead atoms. The molecular formula is C19H24FN. The zero-order valence-electron chi connectivity index (χ0n) is 13.1. The Kier molecular flexibility index (Phi) is 5.51. The van der Waals surface area contributed by atoms with Crippen molar-refractivity contribution in [2.24, 2.45) is 0 Å². The molecule has 1 atom stereocenters. The maximum atomic E-state index is 13.7. The summed E-state index contributed by atoms with van der Waals surface area (Å²) in [7, 11) is 0. The van der Waals surface area contributed by atoms with E-state index in [1.54, 1.807) is 12.1 Å². The molecule has 0 radical (unpaired) electrons. The second-order valence-corrected chi connectivity index (χ2v) is 5.76. The van der Waals surface area contributed by atoms with Crippen LogP contribution in [0.3, 0.4) is 0 Å². The second-order valence-electron chi connectivity index (χ2n) is 5.76. The summed E-state index contributed by atoms with van der Waals surface area (Å²) in [4.78, 5) is 0. The molecule has 1 unspecified atom stereocenters. The van der Waals surface area contributed by atoms with Gasteiger partial charge >= 0.3 is 0 Å². The summed E-state index contributed by atoms with van der Waals surface area (Å²) in [6.45, 7) is 7.13. The molecule has 0 amide bonds. The Morgan fingerprint density at radius 3 is 2.52 bits per heavy atom. The molecule has 0 heterocycles. The Balaban J connectivity index is 2.25. The molecule has 0 saturated heterocycles. The van der Waals surface area contributed by atoms with Crippen molar-refractivity contribution in [3.8, 4) is 0 Å². The summed E-state index contributed by atoms with van der Waals surface area (Å²) in [6, 6.07) is 14.0. The highest BCUT2D eigenvalue weighted by Gasteiger charge is 2.13. The number of hydrogen-bond acceptors (Lipinski definition) is 1. The lowest BCUT2D eigenvalue weighted by molar-refractivity contribution is 0.523. The predicted octanol–water partition coefficient (Wildman–Crippen LogP) is 4.73. The van der Waals surface area contributed by atoms with Crippen molar-refractivity contribution in [1.82, 2.24) is 5.32 Å². The zero-order valence-corrected chi connectivity index (χ0v) is 13.1. The number of rotatable bonds is 6. The molecule has 1 N–H and O–H groups in total. The van der Waals surface area contributed by atoms with Crippen LogP contribution in [-0.2, 0) is 6.42 Å². The Bertz CT molecular complexity index is 572. The van der Waals surface area contributed by atoms with Crippen LogP contribution in [0.1, 0.15) is 41.6 Å². The number of benzene rings is 2. The Morgan fingerprint density at radius 2 is 1.86 bits per heavy atom. The van der Waals surface area contributed by atoms with Crippen LogP contribution >= 0.6 is 0 Å². The number of halogens is 1. The predicted molar refractivity (Wildman–Crippen MR) is 87.1 cm³/mol. The maximum absolute atomic E-state index is 13.7. The van der Waals surface area contributed by atoms with Crippen molar-refractivity contribution < 1.29 is 4.39 Å². The van der Waals surface area contributed by atoms with Gasteiger partial charge in [-0.2, -0.15) is 0 Å². The topological polar surface area (TPSA) is 12.0 Å². The van der Waals surface area contributed by atoms with E-state index in [9.17, 15) is 4.39 Å². The van der Waals surface area contributed by atoms with E-state index in [1.165, 1.54) is 11.1 Å². The normalized spacial score (nSPS) is 12.4. The number of aryl methyl sites for hydroxylation is 2. The van der Waals surface area contributed by atoms with E-state index in [0.29, 0.717) is 0 Å². The van der Waals surface area contributed by atoms with Gasteiger partial charge in [0.25, 0.3) is 0 Å². The largest absolute Gasteiger partial charge is 0.310 e. The third-order valence-electron chi connectivity index (χ3n) is 3.63. The zero-order chi connectivity index (χ0) is 15.2.